The predicted molar refractivity (Wildman–Crippen MR) is 103 cm³/mol. The largest absolute Gasteiger partial charge is 0.748 e. The molecule has 0 unspecified atom stereocenters. The molecule has 26 heavy (non-hydrogen) atoms. The first-order valence-corrected chi connectivity index (χ1v) is 10.7. The van der Waals surface area contributed by atoms with E-state index in [1.807, 2.05) is 61.7 Å². The maximum absolute atomic E-state index is 10.7. The van der Waals surface area contributed by atoms with Gasteiger partial charge in [-0.25, -0.2) is 13.0 Å². The van der Waals surface area contributed by atoms with Crippen LogP contribution in [-0.4, -0.2) is 32.8 Å². The van der Waals surface area contributed by atoms with Crippen LogP contribution in [0.5, 0.6) is 0 Å². The number of benzene rings is 1. The smallest absolute Gasteiger partial charge is 0.408 e. The Morgan fingerprint density at radius 1 is 1.12 bits per heavy atom. The van der Waals surface area contributed by atoms with E-state index in [0.717, 1.165) is 27.1 Å². The van der Waals surface area contributed by atoms with Gasteiger partial charge in [0.25, 0.3) is 0 Å². The molecule has 0 aliphatic heterocycles. The third kappa shape index (κ3) is 5.86. The van der Waals surface area contributed by atoms with Crippen molar-refractivity contribution in [2.75, 3.05) is 24.7 Å². The maximum Gasteiger partial charge on any atom is 0.408 e. The average molecular weight is 397 g/mol. The van der Waals surface area contributed by atoms with E-state index in [1.54, 1.807) is 11.3 Å². The van der Waals surface area contributed by atoms with Gasteiger partial charge in [0.2, 0.25) is 0 Å². The van der Waals surface area contributed by atoms with Crippen molar-refractivity contribution in [1.29, 1.82) is 0 Å². The first-order valence-electron chi connectivity index (χ1n) is 8.30. The van der Waals surface area contributed by atoms with Crippen molar-refractivity contribution >= 4 is 38.0 Å². The lowest BCUT2D eigenvalue weighted by molar-refractivity contribution is -0.686. The molecule has 1 heterocycles. The summed E-state index contributed by atoms with van der Waals surface area (Å²) in [6.07, 6.45) is 0.943. The summed E-state index contributed by atoms with van der Waals surface area (Å²) in [6.45, 7) is 4.63. The molecule has 1 aromatic heterocycles. The Labute approximate surface area is 158 Å². The highest BCUT2D eigenvalue weighted by Gasteiger charge is 2.19. The van der Waals surface area contributed by atoms with Gasteiger partial charge >= 0.3 is 5.13 Å². The minimum atomic E-state index is -4.15. The number of aryl methyl sites for hydroxylation is 1. The van der Waals surface area contributed by atoms with Crippen LogP contribution < -0.4 is 9.47 Å². The van der Waals surface area contributed by atoms with Crippen LogP contribution in [0.1, 0.15) is 23.4 Å². The van der Waals surface area contributed by atoms with E-state index in [1.165, 1.54) is 0 Å². The third-order valence-corrected chi connectivity index (χ3v) is 5.91. The van der Waals surface area contributed by atoms with Gasteiger partial charge in [0, 0.05) is 25.5 Å². The van der Waals surface area contributed by atoms with Crippen molar-refractivity contribution in [2.45, 2.75) is 33.2 Å². The number of aromatic nitrogens is 1. The zero-order valence-electron chi connectivity index (χ0n) is 15.5. The molecule has 1 aromatic carbocycles. The van der Waals surface area contributed by atoms with Crippen LogP contribution in [0, 0.1) is 13.8 Å². The molecule has 0 radical (unpaired) electrons. The van der Waals surface area contributed by atoms with Crippen LogP contribution in [0.15, 0.2) is 34.5 Å². The zero-order valence-corrected chi connectivity index (χ0v) is 17.1. The van der Waals surface area contributed by atoms with Crippen LogP contribution in [0.3, 0.4) is 0 Å². The van der Waals surface area contributed by atoms with Gasteiger partial charge < -0.3 is 9.45 Å². The number of nitrogens with zero attached hydrogens (tertiary/aromatic N) is 4. The second-order valence-electron chi connectivity index (χ2n) is 6.26. The minimum Gasteiger partial charge on any atom is -0.748 e. The van der Waals surface area contributed by atoms with E-state index in [4.69, 9.17) is 0 Å². The van der Waals surface area contributed by atoms with Gasteiger partial charge in [0.15, 0.2) is 0 Å². The van der Waals surface area contributed by atoms with Gasteiger partial charge in [0.1, 0.15) is 11.4 Å². The van der Waals surface area contributed by atoms with Gasteiger partial charge in [-0.3, -0.25) is 0 Å². The summed E-state index contributed by atoms with van der Waals surface area (Å²) >= 11 is 1.55. The monoisotopic (exact) mass is 396 g/mol. The van der Waals surface area contributed by atoms with Crippen LogP contribution in [0.2, 0.25) is 0 Å². The normalized spacial score (nSPS) is 12.0. The quantitative estimate of drug-likeness (QED) is 0.296. The summed E-state index contributed by atoms with van der Waals surface area (Å²) in [5.41, 5.74) is 2.94. The van der Waals surface area contributed by atoms with E-state index in [-0.39, 0.29) is 5.75 Å². The number of anilines is 1. The number of hydrogen-bond donors (Lipinski definition) is 0. The highest BCUT2D eigenvalue weighted by atomic mass is 32.2. The summed E-state index contributed by atoms with van der Waals surface area (Å²) in [6, 6.07) is 7.79. The van der Waals surface area contributed by atoms with Crippen molar-refractivity contribution < 1.29 is 17.5 Å². The molecule has 142 valence electrons. The Morgan fingerprint density at radius 3 is 2.35 bits per heavy atom. The van der Waals surface area contributed by atoms with Crippen molar-refractivity contribution in [3.8, 4) is 0 Å². The molecule has 0 amide bonds. The minimum absolute atomic E-state index is 0.329. The van der Waals surface area contributed by atoms with Crippen molar-refractivity contribution in [3.63, 3.8) is 0 Å². The molecule has 0 aliphatic rings. The Balaban J connectivity index is 2.10. The van der Waals surface area contributed by atoms with Crippen LogP contribution in [0.4, 0.5) is 16.5 Å². The second kappa shape index (κ2) is 8.70. The number of rotatable bonds is 8. The van der Waals surface area contributed by atoms with Gasteiger partial charge in [-0.05, 0) is 67.4 Å². The summed E-state index contributed by atoms with van der Waals surface area (Å²) in [7, 11) is -0.190. The molecular formula is C17H24N4O3S2. The topological polar surface area (TPSA) is 89.0 Å². The molecular weight excluding hydrogens is 372 g/mol. The van der Waals surface area contributed by atoms with E-state index in [0.29, 0.717) is 19.4 Å². The Bertz CT molecular complexity index is 872. The fraction of sp³-hybridized carbons (Fsp3) is 0.471. The first-order chi connectivity index (χ1) is 12.2. The molecule has 0 saturated heterocycles. The van der Waals surface area contributed by atoms with Crippen LogP contribution in [0.25, 0.3) is 0 Å². The lowest BCUT2D eigenvalue weighted by Crippen LogP contribution is -2.35. The maximum atomic E-state index is 10.7. The van der Waals surface area contributed by atoms with E-state index >= 15 is 0 Å². The Morgan fingerprint density at radius 2 is 1.77 bits per heavy atom. The summed E-state index contributed by atoms with van der Waals surface area (Å²) in [4.78, 5) is 3.15. The molecule has 0 atom stereocenters. The number of thiazole rings is 1. The average Bonchev–Trinajstić information content (AvgIpc) is 2.83. The van der Waals surface area contributed by atoms with Crippen molar-refractivity contribution in [1.82, 2.24) is 0 Å². The summed E-state index contributed by atoms with van der Waals surface area (Å²) in [5, 5.41) is 9.45. The second-order valence-corrected chi connectivity index (χ2v) is 8.96. The van der Waals surface area contributed by atoms with Crippen molar-refractivity contribution in [2.24, 2.45) is 10.2 Å². The van der Waals surface area contributed by atoms with Gasteiger partial charge in [-0.2, -0.15) is 0 Å². The van der Waals surface area contributed by atoms with Crippen LogP contribution in [-0.2, 0) is 16.7 Å². The third-order valence-electron chi connectivity index (χ3n) is 4.03. The van der Waals surface area contributed by atoms with E-state index in [2.05, 4.69) is 10.2 Å². The number of unbranched alkanes of at least 4 members (excludes halogenated alkanes) is 1. The molecule has 7 nitrogen and oxygen atoms in total. The van der Waals surface area contributed by atoms with Gasteiger partial charge in [-0.1, -0.05) is 0 Å². The van der Waals surface area contributed by atoms with E-state index in [9.17, 15) is 13.0 Å². The molecule has 0 aliphatic carbocycles. The molecule has 2 aromatic rings. The number of azo groups is 1. The first kappa shape index (κ1) is 20.5. The molecule has 0 spiro atoms. The highest BCUT2D eigenvalue weighted by Crippen LogP contribution is 2.25. The fourth-order valence-electron chi connectivity index (χ4n) is 2.40. The predicted octanol–water partition coefficient (Wildman–Crippen LogP) is 3.46. The fourth-order valence-corrected chi connectivity index (χ4v) is 3.91. The lowest BCUT2D eigenvalue weighted by Gasteiger charge is -2.11. The van der Waals surface area contributed by atoms with Gasteiger partial charge in [0.05, 0.1) is 26.7 Å². The van der Waals surface area contributed by atoms with Crippen molar-refractivity contribution in [3.05, 3.63) is 34.8 Å². The highest BCUT2D eigenvalue weighted by molar-refractivity contribution is 7.85. The SMILES string of the molecule is Cc1sc(N=Nc2ccc(N(C)C)cc2)[n+](CCCCS(=O)(=O)[O-])c1C. The molecule has 0 saturated carbocycles. The Hall–Kier alpha value is -1.84. The summed E-state index contributed by atoms with van der Waals surface area (Å²) < 4.78 is 34.2. The van der Waals surface area contributed by atoms with Crippen LogP contribution >= 0.6 is 11.3 Å². The number of hydrogen-bond acceptors (Lipinski definition) is 7. The van der Waals surface area contributed by atoms with Gasteiger partial charge in [-0.15, -0.1) is 0 Å². The molecule has 9 heteroatoms. The molecule has 0 fully saturated rings. The zero-order chi connectivity index (χ0) is 19.3. The standard InChI is InChI=1S/C17H24N4O3S2/c1-13-14(2)25-17(21(13)11-5-6-12-26(22,23)24)19-18-15-7-9-16(10-8-15)20(3)4/h7-10H,5-6,11-12H2,1-4H3. The summed E-state index contributed by atoms with van der Waals surface area (Å²) in [5.74, 6) is -0.329. The lowest BCUT2D eigenvalue weighted by atomic mass is 10.3. The molecule has 2 rings (SSSR count). The van der Waals surface area contributed by atoms with E-state index < -0.39 is 10.1 Å². The Kier molecular flexibility index (Phi) is 6.85. The molecule has 0 bridgehead atoms. The molecule has 0 N–H and O–H groups in total.